The number of carbonyl (C=O) groups is 4. The molecule has 11 heteroatoms. The fourth-order valence-electron chi connectivity index (χ4n) is 2.11. The minimum atomic E-state index is -5.04. The SMILES string of the molecule is COC(=O)c1ccc(NC(=O)COC(=O)c2ccc(NC(=O)C(F)(F)F)cc2)cc1. The molecule has 0 aliphatic carbocycles. The van der Waals surface area contributed by atoms with E-state index in [1.165, 1.54) is 31.4 Å². The van der Waals surface area contributed by atoms with Crippen LogP contribution in [-0.2, 0) is 19.1 Å². The van der Waals surface area contributed by atoms with E-state index in [9.17, 15) is 32.3 Å². The molecule has 0 radical (unpaired) electrons. The number of rotatable bonds is 6. The highest BCUT2D eigenvalue weighted by Gasteiger charge is 2.38. The van der Waals surface area contributed by atoms with E-state index in [-0.39, 0.29) is 16.8 Å². The van der Waals surface area contributed by atoms with E-state index in [2.05, 4.69) is 10.1 Å². The monoisotopic (exact) mass is 424 g/mol. The summed E-state index contributed by atoms with van der Waals surface area (Å²) in [6.07, 6.45) is -5.04. The molecule has 0 unspecified atom stereocenters. The average Bonchev–Trinajstić information content (AvgIpc) is 2.71. The van der Waals surface area contributed by atoms with Gasteiger partial charge >= 0.3 is 24.0 Å². The first-order chi connectivity index (χ1) is 14.1. The van der Waals surface area contributed by atoms with Crippen LogP contribution >= 0.6 is 0 Å². The van der Waals surface area contributed by atoms with Crippen LogP contribution in [-0.4, -0.2) is 43.6 Å². The first-order valence-electron chi connectivity index (χ1n) is 8.23. The summed E-state index contributed by atoms with van der Waals surface area (Å²) in [7, 11) is 1.23. The van der Waals surface area contributed by atoms with Crippen LogP contribution < -0.4 is 10.6 Å². The Kier molecular flexibility index (Phi) is 7.13. The van der Waals surface area contributed by atoms with Crippen LogP contribution in [0.5, 0.6) is 0 Å². The van der Waals surface area contributed by atoms with Gasteiger partial charge < -0.3 is 20.1 Å². The molecule has 0 fully saturated rings. The highest BCUT2D eigenvalue weighted by atomic mass is 19.4. The molecule has 8 nitrogen and oxygen atoms in total. The van der Waals surface area contributed by atoms with Crippen molar-refractivity contribution in [2.45, 2.75) is 6.18 Å². The Morgan fingerprint density at radius 1 is 0.800 bits per heavy atom. The molecule has 0 saturated heterocycles. The van der Waals surface area contributed by atoms with E-state index >= 15 is 0 Å². The number of hydrogen-bond acceptors (Lipinski definition) is 6. The van der Waals surface area contributed by atoms with Gasteiger partial charge in [-0.15, -0.1) is 0 Å². The van der Waals surface area contributed by atoms with Crippen molar-refractivity contribution in [1.82, 2.24) is 0 Å². The summed E-state index contributed by atoms with van der Waals surface area (Å²) in [5.74, 6) is -4.22. The Balaban J connectivity index is 1.85. The van der Waals surface area contributed by atoms with Gasteiger partial charge in [-0.3, -0.25) is 9.59 Å². The van der Waals surface area contributed by atoms with Gasteiger partial charge in [0.15, 0.2) is 6.61 Å². The third-order valence-corrected chi connectivity index (χ3v) is 3.56. The summed E-state index contributed by atoms with van der Waals surface area (Å²) in [5.41, 5.74) is 0.447. The fraction of sp³-hybridized carbons (Fsp3) is 0.158. The zero-order chi connectivity index (χ0) is 22.3. The second kappa shape index (κ2) is 9.54. The van der Waals surface area contributed by atoms with Crippen molar-refractivity contribution in [3.8, 4) is 0 Å². The Morgan fingerprint density at radius 2 is 1.27 bits per heavy atom. The molecule has 2 rings (SSSR count). The predicted molar refractivity (Wildman–Crippen MR) is 97.8 cm³/mol. The standard InChI is InChI=1S/C19H15F3N2O6/c1-29-16(26)11-2-6-13(7-3-11)23-15(25)10-30-17(27)12-4-8-14(9-5-12)24-18(28)19(20,21)22/h2-9H,10H2,1H3,(H,23,25)(H,24,28). The zero-order valence-corrected chi connectivity index (χ0v) is 15.4. The van der Waals surface area contributed by atoms with Gasteiger partial charge in [0, 0.05) is 11.4 Å². The highest BCUT2D eigenvalue weighted by Crippen LogP contribution is 2.18. The summed E-state index contributed by atoms with van der Waals surface area (Å²) < 4.78 is 46.0. The van der Waals surface area contributed by atoms with Crippen LogP contribution in [0.25, 0.3) is 0 Å². The molecule has 2 N–H and O–H groups in total. The molecule has 0 spiro atoms. The summed E-state index contributed by atoms with van der Waals surface area (Å²) in [6.45, 7) is -0.621. The lowest BCUT2D eigenvalue weighted by molar-refractivity contribution is -0.167. The van der Waals surface area contributed by atoms with Crippen molar-refractivity contribution in [1.29, 1.82) is 0 Å². The maximum absolute atomic E-state index is 12.2. The smallest absolute Gasteiger partial charge is 0.465 e. The zero-order valence-electron chi connectivity index (χ0n) is 15.4. The van der Waals surface area contributed by atoms with Gasteiger partial charge in [0.25, 0.3) is 5.91 Å². The van der Waals surface area contributed by atoms with Crippen molar-refractivity contribution in [3.63, 3.8) is 0 Å². The molecule has 2 aromatic rings. The van der Waals surface area contributed by atoms with Crippen LogP contribution in [0.15, 0.2) is 48.5 Å². The molecule has 0 atom stereocenters. The number of esters is 2. The molecule has 30 heavy (non-hydrogen) atoms. The molecule has 0 bridgehead atoms. The Morgan fingerprint density at radius 3 is 1.73 bits per heavy atom. The first-order valence-corrected chi connectivity index (χ1v) is 8.23. The van der Waals surface area contributed by atoms with Crippen LogP contribution in [0, 0.1) is 0 Å². The second-order valence-corrected chi connectivity index (χ2v) is 5.72. The van der Waals surface area contributed by atoms with Gasteiger partial charge in [0.2, 0.25) is 0 Å². The third-order valence-electron chi connectivity index (χ3n) is 3.56. The number of benzene rings is 2. The molecular formula is C19H15F3N2O6. The van der Waals surface area contributed by atoms with Gasteiger partial charge in [-0.25, -0.2) is 9.59 Å². The van der Waals surface area contributed by atoms with E-state index in [0.717, 1.165) is 24.3 Å². The highest BCUT2D eigenvalue weighted by molar-refractivity contribution is 5.97. The van der Waals surface area contributed by atoms with Crippen molar-refractivity contribution < 1.29 is 41.8 Å². The maximum atomic E-state index is 12.2. The topological polar surface area (TPSA) is 111 Å². The Bertz CT molecular complexity index is 940. The minimum Gasteiger partial charge on any atom is -0.465 e. The van der Waals surface area contributed by atoms with Gasteiger partial charge in [-0.2, -0.15) is 13.2 Å². The van der Waals surface area contributed by atoms with E-state index < -0.39 is 36.5 Å². The minimum absolute atomic E-state index is 0.0322. The Hall–Kier alpha value is -3.89. The number of nitrogens with one attached hydrogen (secondary N) is 2. The van der Waals surface area contributed by atoms with Crippen LogP contribution in [0.3, 0.4) is 0 Å². The van der Waals surface area contributed by atoms with Crippen LogP contribution in [0.4, 0.5) is 24.5 Å². The number of amides is 2. The quantitative estimate of drug-likeness (QED) is 0.690. The van der Waals surface area contributed by atoms with Gasteiger partial charge in [0.05, 0.1) is 18.2 Å². The lowest BCUT2D eigenvalue weighted by Crippen LogP contribution is -2.29. The molecule has 0 aromatic heterocycles. The number of hydrogen-bond donors (Lipinski definition) is 2. The van der Waals surface area contributed by atoms with Crippen molar-refractivity contribution in [3.05, 3.63) is 59.7 Å². The average molecular weight is 424 g/mol. The lowest BCUT2D eigenvalue weighted by atomic mass is 10.2. The van der Waals surface area contributed by atoms with Crippen LogP contribution in [0.2, 0.25) is 0 Å². The fourth-order valence-corrected chi connectivity index (χ4v) is 2.11. The Labute approximate surface area is 168 Å². The van der Waals surface area contributed by atoms with Crippen LogP contribution in [0.1, 0.15) is 20.7 Å². The van der Waals surface area contributed by atoms with E-state index in [4.69, 9.17) is 4.74 Å². The van der Waals surface area contributed by atoms with E-state index in [1.807, 2.05) is 0 Å². The van der Waals surface area contributed by atoms with Crippen molar-refractivity contribution in [2.24, 2.45) is 0 Å². The van der Waals surface area contributed by atoms with Gasteiger partial charge in [0.1, 0.15) is 0 Å². The van der Waals surface area contributed by atoms with Gasteiger partial charge in [-0.05, 0) is 48.5 Å². The number of carbonyl (C=O) groups excluding carboxylic acids is 4. The molecule has 2 amide bonds. The summed E-state index contributed by atoms with van der Waals surface area (Å²) in [5, 5.41) is 4.09. The molecular weight excluding hydrogens is 409 g/mol. The molecule has 2 aromatic carbocycles. The summed E-state index contributed by atoms with van der Waals surface area (Å²) >= 11 is 0. The van der Waals surface area contributed by atoms with Crippen molar-refractivity contribution >= 4 is 35.1 Å². The van der Waals surface area contributed by atoms with E-state index in [1.54, 1.807) is 5.32 Å². The molecule has 158 valence electrons. The maximum Gasteiger partial charge on any atom is 0.471 e. The normalized spacial score (nSPS) is 10.7. The molecule has 0 saturated carbocycles. The number of ether oxygens (including phenoxy) is 2. The second-order valence-electron chi connectivity index (χ2n) is 5.72. The van der Waals surface area contributed by atoms with Gasteiger partial charge in [-0.1, -0.05) is 0 Å². The summed E-state index contributed by atoms with van der Waals surface area (Å²) in [4.78, 5) is 46.0. The number of alkyl halides is 3. The number of methoxy groups -OCH3 is 1. The lowest BCUT2D eigenvalue weighted by Gasteiger charge is -2.09. The summed E-state index contributed by atoms with van der Waals surface area (Å²) in [6, 6.07) is 10.2. The predicted octanol–water partition coefficient (Wildman–Crippen LogP) is 2.77. The number of anilines is 2. The first kappa shape index (κ1) is 22.4. The largest absolute Gasteiger partial charge is 0.471 e. The molecule has 0 aliphatic heterocycles. The van der Waals surface area contributed by atoms with E-state index in [0.29, 0.717) is 5.69 Å². The third kappa shape index (κ3) is 6.33. The molecule has 0 heterocycles. The number of halogens is 3. The van der Waals surface area contributed by atoms with Crippen molar-refractivity contribution in [2.75, 3.05) is 24.4 Å². The molecule has 0 aliphatic rings.